The van der Waals surface area contributed by atoms with Gasteiger partial charge in [0, 0.05) is 70.9 Å². The Morgan fingerprint density at radius 2 is 0.519 bits per heavy atom. The van der Waals surface area contributed by atoms with E-state index in [9.17, 15) is 0 Å². The number of hydrogen-bond acceptors (Lipinski definition) is 2. The molecule has 0 spiro atoms. The molecule has 5 heteroatoms. The molecule has 0 N–H and O–H groups in total. The normalized spacial score (nSPS) is 12.2. The van der Waals surface area contributed by atoms with Crippen molar-refractivity contribution in [3.63, 3.8) is 0 Å². The molecule has 17 aromatic rings. The minimum atomic E-state index is 0.869. The fraction of sp³-hybridized carbons (Fsp3) is 0. The van der Waals surface area contributed by atoms with E-state index in [0.717, 1.165) is 77.5 Å². The van der Waals surface area contributed by atoms with Crippen LogP contribution < -0.4 is 0 Å². The first kappa shape index (κ1) is 42.0. The highest BCUT2D eigenvalue weighted by molar-refractivity contribution is 6.15. The predicted molar refractivity (Wildman–Crippen MR) is 320 cm³/mol. The Balaban J connectivity index is 0.759. The summed E-state index contributed by atoms with van der Waals surface area (Å²) in [6, 6.07) is 94.7. The van der Waals surface area contributed by atoms with Gasteiger partial charge in [0.15, 0.2) is 0 Å². The lowest BCUT2D eigenvalue weighted by Gasteiger charge is -2.11. The molecule has 17 rings (SSSR count). The van der Waals surface area contributed by atoms with E-state index in [-0.39, 0.29) is 0 Å². The molecule has 0 aliphatic carbocycles. The van der Waals surface area contributed by atoms with Crippen molar-refractivity contribution in [3.8, 4) is 50.4 Å². The SMILES string of the molecule is c1ccc(-n2c3ccccc3c3cc(-c4ccc5oc6ccc(-n7c8ccccc8c8cc(-n9c%10ccccc%10c%10cc(-c%11cccc(-c%12ccc%13oc%14ccccc%14c%13c%12)c%11)ccc%109)ccc87)cc6c5c4)ccc32)cc1. The van der Waals surface area contributed by atoms with Crippen LogP contribution in [0.2, 0.25) is 0 Å². The van der Waals surface area contributed by atoms with Gasteiger partial charge in [-0.1, -0.05) is 133 Å². The fourth-order valence-corrected chi connectivity index (χ4v) is 12.7. The van der Waals surface area contributed by atoms with E-state index in [0.29, 0.717) is 0 Å². The quantitative estimate of drug-likeness (QED) is 0.167. The van der Waals surface area contributed by atoms with Crippen LogP contribution in [-0.4, -0.2) is 13.7 Å². The molecule has 0 aliphatic heterocycles. The van der Waals surface area contributed by atoms with Crippen LogP contribution in [0.25, 0.3) is 160 Å². The van der Waals surface area contributed by atoms with Crippen LogP contribution in [0.4, 0.5) is 0 Å². The Morgan fingerprint density at radius 3 is 1.08 bits per heavy atom. The summed E-state index contributed by atoms with van der Waals surface area (Å²) in [5, 5.41) is 11.8. The number of nitrogens with zero attached hydrogens (tertiary/aromatic N) is 3. The zero-order chi connectivity index (χ0) is 50.3. The first-order valence-corrected chi connectivity index (χ1v) is 26.3. The second-order valence-electron chi connectivity index (χ2n) is 20.4. The number of aromatic nitrogens is 3. The summed E-state index contributed by atoms with van der Waals surface area (Å²) < 4.78 is 19.9. The smallest absolute Gasteiger partial charge is 0.135 e. The van der Waals surface area contributed by atoms with Gasteiger partial charge in [-0.3, -0.25) is 0 Å². The number of para-hydroxylation sites is 5. The minimum Gasteiger partial charge on any atom is -0.456 e. The van der Waals surface area contributed by atoms with E-state index in [1.165, 1.54) is 82.2 Å². The van der Waals surface area contributed by atoms with Crippen molar-refractivity contribution in [2.75, 3.05) is 0 Å². The van der Waals surface area contributed by atoms with E-state index in [1.54, 1.807) is 0 Å². The molecule has 0 saturated heterocycles. The molecule has 0 bridgehead atoms. The van der Waals surface area contributed by atoms with Crippen molar-refractivity contribution >= 4 is 109 Å². The van der Waals surface area contributed by atoms with E-state index < -0.39 is 0 Å². The Hall–Kier alpha value is -10.4. The van der Waals surface area contributed by atoms with Crippen LogP contribution in [0.3, 0.4) is 0 Å². The Bertz CT molecular complexity index is 5290. The number of benzene rings is 12. The first-order chi connectivity index (χ1) is 38.1. The summed E-state index contributed by atoms with van der Waals surface area (Å²) >= 11 is 0. The van der Waals surface area contributed by atoms with Crippen molar-refractivity contribution in [2.24, 2.45) is 0 Å². The molecule has 12 aromatic carbocycles. The summed E-state index contributed by atoms with van der Waals surface area (Å²) in [5.74, 6) is 0. The van der Waals surface area contributed by atoms with Gasteiger partial charge in [-0.15, -0.1) is 0 Å². The van der Waals surface area contributed by atoms with E-state index in [2.05, 4.69) is 262 Å². The zero-order valence-electron chi connectivity index (χ0n) is 41.5. The minimum absolute atomic E-state index is 0.869. The van der Waals surface area contributed by atoms with Crippen LogP contribution in [0.5, 0.6) is 0 Å². The number of furan rings is 2. The van der Waals surface area contributed by atoms with Crippen LogP contribution in [-0.2, 0) is 0 Å². The third kappa shape index (κ3) is 6.29. The van der Waals surface area contributed by atoms with Gasteiger partial charge >= 0.3 is 0 Å². The molecule has 0 aliphatic rings. The standard InChI is InChI=1S/C72H43N3O2/c1-2-15-50(16-3-1)73-63-21-8-4-17-53(63)57-39-47(26-31-66(57)73)49-28-35-71-61(41-49)62-43-52(30-36-72(62)77-71)75-65-23-10-6-19-55(65)59-42-51(29-33-68(59)75)74-64-22-9-5-18-54(64)58-38-46(25-32-67(58)74)44-13-12-14-45(37-44)48-27-34-70-60(40-48)56-20-7-11-24-69(56)76-70/h1-43H. The fourth-order valence-electron chi connectivity index (χ4n) is 12.7. The van der Waals surface area contributed by atoms with Gasteiger partial charge < -0.3 is 22.5 Å². The molecule has 5 heterocycles. The molecular weight excluding hydrogens is 939 g/mol. The highest BCUT2D eigenvalue weighted by Gasteiger charge is 2.20. The first-order valence-electron chi connectivity index (χ1n) is 26.3. The molecule has 0 radical (unpaired) electrons. The molecule has 5 aromatic heterocycles. The van der Waals surface area contributed by atoms with Gasteiger partial charge in [-0.25, -0.2) is 0 Å². The molecular formula is C72H43N3O2. The van der Waals surface area contributed by atoms with Gasteiger partial charge in [0.05, 0.1) is 33.1 Å². The van der Waals surface area contributed by atoms with E-state index >= 15 is 0 Å². The van der Waals surface area contributed by atoms with Crippen LogP contribution >= 0.6 is 0 Å². The maximum Gasteiger partial charge on any atom is 0.135 e. The van der Waals surface area contributed by atoms with Crippen LogP contribution in [0.15, 0.2) is 270 Å². The Kier molecular flexibility index (Phi) is 8.77. The molecule has 0 saturated carbocycles. The van der Waals surface area contributed by atoms with Crippen molar-refractivity contribution in [1.29, 1.82) is 0 Å². The number of rotatable bonds is 6. The lowest BCUT2D eigenvalue weighted by atomic mass is 9.97. The lowest BCUT2D eigenvalue weighted by Crippen LogP contribution is -1.96. The van der Waals surface area contributed by atoms with Crippen molar-refractivity contribution in [3.05, 3.63) is 261 Å². The molecule has 0 unspecified atom stereocenters. The third-order valence-electron chi connectivity index (χ3n) is 16.2. The monoisotopic (exact) mass is 981 g/mol. The highest BCUT2D eigenvalue weighted by Crippen LogP contribution is 2.42. The summed E-state index contributed by atoms with van der Waals surface area (Å²) in [5.41, 5.74) is 21.0. The topological polar surface area (TPSA) is 41.1 Å². The van der Waals surface area contributed by atoms with Gasteiger partial charge in [0.25, 0.3) is 0 Å². The van der Waals surface area contributed by atoms with Gasteiger partial charge in [-0.05, 0) is 161 Å². The van der Waals surface area contributed by atoms with Crippen LogP contribution in [0.1, 0.15) is 0 Å². The second kappa shape index (κ2) is 16.1. The molecule has 77 heavy (non-hydrogen) atoms. The molecule has 0 atom stereocenters. The van der Waals surface area contributed by atoms with Crippen molar-refractivity contribution in [1.82, 2.24) is 13.7 Å². The average Bonchev–Trinajstić information content (AvgIpc) is 4.31. The Labute approximate surface area is 440 Å². The summed E-state index contributed by atoms with van der Waals surface area (Å²) in [6.45, 7) is 0. The summed E-state index contributed by atoms with van der Waals surface area (Å²) in [4.78, 5) is 0. The van der Waals surface area contributed by atoms with E-state index in [1.807, 2.05) is 12.1 Å². The van der Waals surface area contributed by atoms with Crippen molar-refractivity contribution in [2.45, 2.75) is 0 Å². The molecule has 5 nitrogen and oxygen atoms in total. The van der Waals surface area contributed by atoms with Crippen molar-refractivity contribution < 1.29 is 8.83 Å². The number of hydrogen-bond donors (Lipinski definition) is 0. The van der Waals surface area contributed by atoms with Gasteiger partial charge in [0.1, 0.15) is 22.3 Å². The number of fused-ring (bicyclic) bond motifs is 15. The summed E-state index contributed by atoms with van der Waals surface area (Å²) in [6.07, 6.45) is 0. The largest absolute Gasteiger partial charge is 0.456 e. The van der Waals surface area contributed by atoms with Gasteiger partial charge in [0.2, 0.25) is 0 Å². The van der Waals surface area contributed by atoms with E-state index in [4.69, 9.17) is 8.83 Å². The third-order valence-corrected chi connectivity index (χ3v) is 16.2. The highest BCUT2D eigenvalue weighted by atomic mass is 16.3. The van der Waals surface area contributed by atoms with Gasteiger partial charge in [-0.2, -0.15) is 0 Å². The molecule has 358 valence electrons. The average molecular weight is 982 g/mol. The molecule has 0 fully saturated rings. The Morgan fingerprint density at radius 1 is 0.182 bits per heavy atom. The van der Waals surface area contributed by atoms with Crippen LogP contribution in [0, 0.1) is 0 Å². The maximum atomic E-state index is 6.56. The maximum absolute atomic E-state index is 6.56. The molecule has 0 amide bonds. The zero-order valence-corrected chi connectivity index (χ0v) is 41.5. The lowest BCUT2D eigenvalue weighted by molar-refractivity contribution is 0.668. The predicted octanol–water partition coefficient (Wildman–Crippen LogP) is 19.8. The second-order valence-corrected chi connectivity index (χ2v) is 20.4. The summed E-state index contributed by atoms with van der Waals surface area (Å²) in [7, 11) is 0.